The van der Waals surface area contributed by atoms with Gasteiger partial charge >= 0.3 is 0 Å². The summed E-state index contributed by atoms with van der Waals surface area (Å²) in [5, 5.41) is 0.235. The molecule has 65 valence electrons. The van der Waals surface area contributed by atoms with Gasteiger partial charge in [-0.3, -0.25) is 0 Å². The molecule has 0 aromatic rings. The van der Waals surface area contributed by atoms with Crippen LogP contribution in [0.25, 0.3) is 0 Å². The first-order chi connectivity index (χ1) is 4.98. The third-order valence-electron chi connectivity index (χ3n) is 1.55. The van der Waals surface area contributed by atoms with E-state index in [9.17, 15) is 0 Å². The maximum atomic E-state index is 5.43. The Kier molecular flexibility index (Phi) is 4.82. The molecule has 0 aliphatic rings. The van der Waals surface area contributed by atoms with Crippen molar-refractivity contribution in [2.75, 3.05) is 0 Å². The van der Waals surface area contributed by atoms with Crippen LogP contribution in [0, 0.1) is 0 Å². The van der Waals surface area contributed by atoms with Gasteiger partial charge in [-0.25, -0.2) is 0 Å². The van der Waals surface area contributed by atoms with Gasteiger partial charge in [0.05, 0.1) is 0 Å². The van der Waals surface area contributed by atoms with Crippen molar-refractivity contribution in [2.45, 2.75) is 58.9 Å². The molecule has 0 aliphatic heterocycles. The second-order valence-electron chi connectivity index (χ2n) is 4.04. The van der Waals surface area contributed by atoms with Crippen LogP contribution in [0.5, 0.6) is 0 Å². The third-order valence-corrected chi connectivity index (χ3v) is 1.55. The van der Waals surface area contributed by atoms with Crippen LogP contribution in [0.4, 0.5) is 0 Å². The molecule has 0 fully saturated rings. The van der Waals surface area contributed by atoms with E-state index in [0.717, 1.165) is 0 Å². The summed E-state index contributed by atoms with van der Waals surface area (Å²) in [7, 11) is 1.97. The molecule has 0 unspecified atom stereocenters. The van der Waals surface area contributed by atoms with Gasteiger partial charge in [0, 0.05) is 6.10 Å². The highest BCUT2D eigenvalue weighted by Crippen LogP contribution is 2.29. The second kappa shape index (κ2) is 4.81. The smallest absolute Gasteiger partial charge is 0.298 e. The summed E-state index contributed by atoms with van der Waals surface area (Å²) >= 11 is 0. The molecule has 0 heterocycles. The molecule has 0 aromatic heterocycles. The van der Waals surface area contributed by atoms with Crippen molar-refractivity contribution in [1.82, 2.24) is 0 Å². The number of hydrogen-bond donors (Lipinski definition) is 0. The zero-order chi connectivity index (χ0) is 8.91. The molecule has 0 amide bonds. The summed E-state index contributed by atoms with van der Waals surface area (Å²) in [5.74, 6) is 0. The van der Waals surface area contributed by atoms with Crippen LogP contribution < -0.4 is 0 Å². The average Bonchev–Trinajstić information content (AvgIpc) is 1.84. The van der Waals surface area contributed by atoms with Crippen molar-refractivity contribution in [2.24, 2.45) is 0 Å². The average molecular weight is 155 g/mol. The van der Waals surface area contributed by atoms with E-state index in [4.69, 9.17) is 4.65 Å². The molecule has 2 heteroatoms. The molecule has 0 saturated heterocycles. The second-order valence-corrected chi connectivity index (χ2v) is 4.04. The molecule has 0 saturated carbocycles. The Bertz CT molecular complexity index is 99.7. The summed E-state index contributed by atoms with van der Waals surface area (Å²) in [6.45, 7) is 10.7. The van der Waals surface area contributed by atoms with E-state index in [1.165, 1.54) is 12.8 Å². The molecule has 0 aromatic carbocycles. The first-order valence-electron chi connectivity index (χ1n) is 4.48. The van der Waals surface area contributed by atoms with Gasteiger partial charge in [-0.05, 0) is 19.2 Å². The van der Waals surface area contributed by atoms with Gasteiger partial charge in [0.15, 0.2) is 0 Å². The molecule has 0 N–H and O–H groups in total. The molecular weight excluding hydrogens is 135 g/mol. The van der Waals surface area contributed by atoms with Crippen LogP contribution in [0.3, 0.4) is 0 Å². The van der Waals surface area contributed by atoms with Gasteiger partial charge in [0.1, 0.15) is 0 Å². The van der Waals surface area contributed by atoms with Gasteiger partial charge in [0.25, 0.3) is 7.48 Å². The lowest BCUT2D eigenvalue weighted by molar-refractivity contribution is 0.241. The fourth-order valence-corrected chi connectivity index (χ4v) is 1.02. The van der Waals surface area contributed by atoms with Crippen LogP contribution in [0.1, 0.15) is 47.5 Å². The minimum absolute atomic E-state index is 0.235. The monoisotopic (exact) mass is 155 g/mol. The van der Waals surface area contributed by atoms with Gasteiger partial charge in [-0.1, -0.05) is 33.6 Å². The Labute approximate surface area is 71.8 Å². The highest BCUT2D eigenvalue weighted by molar-refractivity contribution is 6.31. The molecule has 0 rings (SSSR count). The lowest BCUT2D eigenvalue weighted by Gasteiger charge is -2.23. The van der Waals surface area contributed by atoms with Gasteiger partial charge in [-0.2, -0.15) is 0 Å². The van der Waals surface area contributed by atoms with Gasteiger partial charge in [0.2, 0.25) is 0 Å². The van der Waals surface area contributed by atoms with Crippen LogP contribution in [0.15, 0.2) is 0 Å². The maximum absolute atomic E-state index is 5.43. The van der Waals surface area contributed by atoms with Crippen molar-refractivity contribution in [1.29, 1.82) is 0 Å². The molecule has 0 spiro atoms. The highest BCUT2D eigenvalue weighted by Gasteiger charge is 2.19. The Balaban J connectivity index is 3.54. The summed E-state index contributed by atoms with van der Waals surface area (Å²) in [6.07, 6.45) is 2.72. The largest absolute Gasteiger partial charge is 0.438 e. The molecule has 1 nitrogen and oxygen atoms in total. The van der Waals surface area contributed by atoms with E-state index < -0.39 is 0 Å². The zero-order valence-electron chi connectivity index (χ0n) is 8.48. The van der Waals surface area contributed by atoms with Gasteiger partial charge in [-0.15, -0.1) is 0 Å². The normalized spacial score (nSPS) is 12.2. The van der Waals surface area contributed by atoms with E-state index in [2.05, 4.69) is 34.6 Å². The molecular formula is C9H20BO. The molecule has 0 atom stereocenters. The Morgan fingerprint density at radius 1 is 1.36 bits per heavy atom. The Hall–Kier alpha value is 0.0249. The quantitative estimate of drug-likeness (QED) is 0.554. The highest BCUT2D eigenvalue weighted by atomic mass is 16.4. The molecule has 0 aliphatic carbocycles. The third kappa shape index (κ3) is 6.42. The lowest BCUT2D eigenvalue weighted by Crippen LogP contribution is -2.19. The van der Waals surface area contributed by atoms with Crippen LogP contribution >= 0.6 is 0 Å². The fraction of sp³-hybridized carbons (Fsp3) is 1.00. The first-order valence-corrected chi connectivity index (χ1v) is 4.48. The van der Waals surface area contributed by atoms with E-state index >= 15 is 0 Å². The van der Waals surface area contributed by atoms with Crippen molar-refractivity contribution >= 4 is 7.48 Å². The van der Waals surface area contributed by atoms with Crippen molar-refractivity contribution in [3.8, 4) is 0 Å². The van der Waals surface area contributed by atoms with Crippen LogP contribution in [-0.4, -0.2) is 13.6 Å². The SMILES string of the molecule is CCCC(C)(C)[B]OC(C)C. The van der Waals surface area contributed by atoms with E-state index in [-0.39, 0.29) is 5.31 Å². The van der Waals surface area contributed by atoms with Crippen molar-refractivity contribution in [3.63, 3.8) is 0 Å². The predicted octanol–water partition coefficient (Wildman–Crippen LogP) is 3.03. The van der Waals surface area contributed by atoms with E-state index in [1.807, 2.05) is 7.48 Å². The minimum Gasteiger partial charge on any atom is -0.438 e. The van der Waals surface area contributed by atoms with Gasteiger partial charge < -0.3 is 4.65 Å². The summed E-state index contributed by atoms with van der Waals surface area (Å²) in [4.78, 5) is 0. The standard InChI is InChI=1S/C9H20BO/c1-6-7-9(4,5)10-11-8(2)3/h8H,6-7H2,1-5H3. The summed E-state index contributed by atoms with van der Waals surface area (Å²) in [5.41, 5.74) is 0. The molecule has 1 radical (unpaired) electrons. The predicted molar refractivity (Wildman–Crippen MR) is 50.9 cm³/mol. The van der Waals surface area contributed by atoms with Crippen LogP contribution in [-0.2, 0) is 4.65 Å². The van der Waals surface area contributed by atoms with Crippen molar-refractivity contribution < 1.29 is 4.65 Å². The number of hydrogen-bond acceptors (Lipinski definition) is 1. The summed E-state index contributed by atoms with van der Waals surface area (Å²) in [6, 6.07) is 0. The maximum Gasteiger partial charge on any atom is 0.298 e. The zero-order valence-corrected chi connectivity index (χ0v) is 8.48. The number of rotatable bonds is 5. The Morgan fingerprint density at radius 2 is 1.91 bits per heavy atom. The molecule has 11 heavy (non-hydrogen) atoms. The lowest BCUT2D eigenvalue weighted by atomic mass is 9.64. The Morgan fingerprint density at radius 3 is 2.27 bits per heavy atom. The van der Waals surface area contributed by atoms with E-state index in [0.29, 0.717) is 6.10 Å². The van der Waals surface area contributed by atoms with Crippen molar-refractivity contribution in [3.05, 3.63) is 0 Å². The van der Waals surface area contributed by atoms with Crippen LogP contribution in [0.2, 0.25) is 5.31 Å². The molecule has 0 bridgehead atoms. The first kappa shape index (κ1) is 11.0. The fourth-order valence-electron chi connectivity index (χ4n) is 1.02. The minimum atomic E-state index is 0.235. The topological polar surface area (TPSA) is 9.23 Å². The summed E-state index contributed by atoms with van der Waals surface area (Å²) < 4.78 is 5.43. The van der Waals surface area contributed by atoms with E-state index in [1.54, 1.807) is 0 Å².